The summed E-state index contributed by atoms with van der Waals surface area (Å²) in [5, 5.41) is 2.65. The van der Waals surface area contributed by atoms with Crippen molar-refractivity contribution in [2.75, 3.05) is 72.4 Å². The molecule has 0 radical (unpaired) electrons. The Balaban J connectivity index is 1.46. The number of anilines is 1. The van der Waals surface area contributed by atoms with Gasteiger partial charge in [0.25, 0.3) is 0 Å². The van der Waals surface area contributed by atoms with E-state index in [1.807, 2.05) is 38.1 Å². The summed E-state index contributed by atoms with van der Waals surface area (Å²) in [6, 6.07) is 11.9. The lowest BCUT2D eigenvalue weighted by Crippen LogP contribution is -2.44. The highest BCUT2D eigenvalue weighted by Crippen LogP contribution is 2.25. The van der Waals surface area contributed by atoms with Crippen LogP contribution in [0.1, 0.15) is 16.7 Å². The molecule has 2 aromatic carbocycles. The molecule has 0 spiro atoms. The van der Waals surface area contributed by atoms with Crippen molar-refractivity contribution < 1.29 is 18.5 Å². The van der Waals surface area contributed by atoms with E-state index in [0.717, 1.165) is 42.9 Å². The van der Waals surface area contributed by atoms with Gasteiger partial charge in [-0.15, -0.1) is 0 Å². The zero-order chi connectivity index (χ0) is 27.1. The molecule has 1 N–H and O–H groups in total. The summed E-state index contributed by atoms with van der Waals surface area (Å²) in [4.78, 5) is 32.0. The molecule has 0 bridgehead atoms. The molecule has 1 atom stereocenters. The number of carbonyl (C=O) groups is 2. The Kier molecular flexibility index (Phi) is 10.1. The predicted octanol–water partition coefficient (Wildman–Crippen LogP) is 1.79. The molecule has 1 heterocycles. The summed E-state index contributed by atoms with van der Waals surface area (Å²) in [5.74, 6) is 0.143. The molecule has 1 unspecified atom stereocenters. The maximum absolute atomic E-state index is 13.0. The van der Waals surface area contributed by atoms with Gasteiger partial charge in [0, 0.05) is 52.5 Å². The summed E-state index contributed by atoms with van der Waals surface area (Å²) < 4.78 is 19.8. The second kappa shape index (κ2) is 13.0. The lowest BCUT2D eigenvalue weighted by molar-refractivity contribution is -0.132. The molecule has 1 saturated heterocycles. The minimum Gasteiger partial charge on any atom is -0.497 e. The van der Waals surface area contributed by atoms with E-state index in [4.69, 9.17) is 4.74 Å². The molecule has 9 nitrogen and oxygen atoms in total. The first-order valence-electron chi connectivity index (χ1n) is 12.4. The zero-order valence-corrected chi connectivity index (χ0v) is 23.6. The van der Waals surface area contributed by atoms with E-state index in [2.05, 4.69) is 34.3 Å². The van der Waals surface area contributed by atoms with Crippen molar-refractivity contribution >= 4 is 28.5 Å². The van der Waals surface area contributed by atoms with Gasteiger partial charge in [0.15, 0.2) is 0 Å². The fourth-order valence-corrected chi connectivity index (χ4v) is 5.54. The topological polar surface area (TPSA) is 85.4 Å². The van der Waals surface area contributed by atoms with Gasteiger partial charge in [-0.05, 0) is 61.9 Å². The van der Waals surface area contributed by atoms with E-state index in [-0.39, 0.29) is 24.9 Å². The summed E-state index contributed by atoms with van der Waals surface area (Å²) in [6.07, 6.45) is 0. The summed E-state index contributed by atoms with van der Waals surface area (Å²) in [5.41, 5.74) is 3.88. The number of ether oxygens (including phenoxy) is 1. The second-order valence-corrected chi connectivity index (χ2v) is 11.1. The van der Waals surface area contributed by atoms with E-state index in [1.165, 1.54) is 9.99 Å². The van der Waals surface area contributed by atoms with Gasteiger partial charge < -0.3 is 24.8 Å². The average Bonchev–Trinajstić information content (AvgIpc) is 2.87. The Hall–Kier alpha value is -2.95. The van der Waals surface area contributed by atoms with E-state index in [9.17, 15) is 13.8 Å². The van der Waals surface area contributed by atoms with Crippen LogP contribution < -0.4 is 15.0 Å². The molecule has 2 aromatic rings. The molecule has 3 rings (SSSR count). The number of hydrogen-bond donors (Lipinski definition) is 1. The SMILES string of the molecule is COc1cc(C)c(S(=O)N(C)CC(=O)NCC(=O)N(C)Cc2ccc(N3CCN(C)CC3)cc2)c(C)c1. The minimum atomic E-state index is -1.52. The van der Waals surface area contributed by atoms with Gasteiger partial charge in [0.05, 0.1) is 25.1 Å². The van der Waals surface area contributed by atoms with Crippen molar-refractivity contribution in [1.29, 1.82) is 0 Å². The largest absolute Gasteiger partial charge is 0.497 e. The van der Waals surface area contributed by atoms with Crippen LogP contribution in [-0.4, -0.2) is 97.6 Å². The lowest BCUT2D eigenvalue weighted by Gasteiger charge is -2.34. The van der Waals surface area contributed by atoms with Gasteiger partial charge in [-0.2, -0.15) is 0 Å². The summed E-state index contributed by atoms with van der Waals surface area (Å²) in [6.45, 7) is 8.10. The fraction of sp³-hybridized carbons (Fsp3) is 0.481. The number of piperazine rings is 1. The number of likely N-dealkylation sites (N-methyl/N-ethyl adjacent to an activating group) is 3. The van der Waals surface area contributed by atoms with Crippen molar-refractivity contribution in [3.8, 4) is 5.75 Å². The van der Waals surface area contributed by atoms with Crippen molar-refractivity contribution in [2.24, 2.45) is 0 Å². The molecule has 1 aliphatic heterocycles. The number of amides is 2. The van der Waals surface area contributed by atoms with Crippen molar-refractivity contribution in [1.82, 2.24) is 19.4 Å². The smallest absolute Gasteiger partial charge is 0.242 e. The highest BCUT2D eigenvalue weighted by Gasteiger charge is 2.20. The number of carbonyl (C=O) groups excluding carboxylic acids is 2. The van der Waals surface area contributed by atoms with E-state index < -0.39 is 11.0 Å². The van der Waals surface area contributed by atoms with E-state index >= 15 is 0 Å². The van der Waals surface area contributed by atoms with Gasteiger partial charge in [-0.3, -0.25) is 9.59 Å². The first-order chi connectivity index (χ1) is 17.6. The fourth-order valence-electron chi connectivity index (χ4n) is 4.32. The Bertz CT molecular complexity index is 1090. The summed E-state index contributed by atoms with van der Waals surface area (Å²) >= 11 is 0. The number of nitrogens with zero attached hydrogens (tertiary/aromatic N) is 4. The number of nitrogens with one attached hydrogen (secondary N) is 1. The van der Waals surface area contributed by atoms with Crippen LogP contribution in [0.2, 0.25) is 0 Å². The van der Waals surface area contributed by atoms with Gasteiger partial charge in [-0.1, -0.05) is 12.1 Å². The van der Waals surface area contributed by atoms with Crippen molar-refractivity contribution in [3.05, 3.63) is 53.1 Å². The first kappa shape index (κ1) is 28.6. The van der Waals surface area contributed by atoms with Gasteiger partial charge in [-0.25, -0.2) is 8.51 Å². The highest BCUT2D eigenvalue weighted by molar-refractivity contribution is 7.82. The lowest BCUT2D eigenvalue weighted by atomic mass is 10.1. The van der Waals surface area contributed by atoms with E-state index in [1.54, 1.807) is 26.1 Å². The van der Waals surface area contributed by atoms with Crippen LogP contribution in [0, 0.1) is 13.8 Å². The standard InChI is InChI=1S/C27H39N5O4S/c1-20-15-24(36-6)16-21(2)27(20)37(35)31(5)19-25(33)28-17-26(34)30(4)18-22-7-9-23(10-8-22)32-13-11-29(3)12-14-32/h7-10,15-16H,11-14,17-19H2,1-6H3,(H,28,33). The maximum atomic E-state index is 13.0. The molecule has 10 heteroatoms. The molecular formula is C27H39N5O4S. The molecular weight excluding hydrogens is 490 g/mol. The quantitative estimate of drug-likeness (QED) is 0.505. The Morgan fingerprint density at radius 1 is 1.03 bits per heavy atom. The van der Waals surface area contributed by atoms with Crippen LogP contribution in [0.25, 0.3) is 0 Å². The highest BCUT2D eigenvalue weighted by atomic mass is 32.2. The number of rotatable bonds is 10. The molecule has 1 fully saturated rings. The Morgan fingerprint density at radius 3 is 2.19 bits per heavy atom. The third-order valence-corrected chi connectivity index (χ3v) is 8.27. The number of aryl methyl sites for hydroxylation is 2. The molecule has 0 aliphatic carbocycles. The van der Waals surface area contributed by atoms with Gasteiger partial charge in [0.1, 0.15) is 16.7 Å². The van der Waals surface area contributed by atoms with Crippen LogP contribution in [0.5, 0.6) is 5.75 Å². The first-order valence-corrected chi connectivity index (χ1v) is 13.5. The molecule has 2 amide bonds. The maximum Gasteiger partial charge on any atom is 0.242 e. The third-order valence-electron chi connectivity index (χ3n) is 6.58. The van der Waals surface area contributed by atoms with Crippen molar-refractivity contribution in [2.45, 2.75) is 25.3 Å². The van der Waals surface area contributed by atoms with Gasteiger partial charge in [0.2, 0.25) is 11.8 Å². The average molecular weight is 530 g/mol. The zero-order valence-electron chi connectivity index (χ0n) is 22.7. The molecule has 37 heavy (non-hydrogen) atoms. The van der Waals surface area contributed by atoms with E-state index in [0.29, 0.717) is 17.2 Å². The molecule has 202 valence electrons. The van der Waals surface area contributed by atoms with Crippen LogP contribution >= 0.6 is 0 Å². The molecule has 0 aromatic heterocycles. The Labute approximate surface area is 222 Å². The normalized spacial score (nSPS) is 14.9. The van der Waals surface area contributed by atoms with Crippen LogP contribution in [-0.2, 0) is 27.1 Å². The predicted molar refractivity (Wildman–Crippen MR) is 147 cm³/mol. The summed E-state index contributed by atoms with van der Waals surface area (Å²) in [7, 11) is 5.55. The second-order valence-electron chi connectivity index (χ2n) is 9.61. The van der Waals surface area contributed by atoms with Crippen LogP contribution in [0.4, 0.5) is 5.69 Å². The monoisotopic (exact) mass is 529 g/mol. The number of methoxy groups -OCH3 is 1. The third kappa shape index (κ3) is 7.77. The Morgan fingerprint density at radius 2 is 1.62 bits per heavy atom. The number of benzene rings is 2. The molecule has 0 saturated carbocycles. The van der Waals surface area contributed by atoms with Crippen LogP contribution in [0.15, 0.2) is 41.3 Å². The van der Waals surface area contributed by atoms with Gasteiger partial charge >= 0.3 is 0 Å². The molecule has 1 aliphatic rings. The van der Waals surface area contributed by atoms with Crippen LogP contribution in [0.3, 0.4) is 0 Å². The van der Waals surface area contributed by atoms with Crippen molar-refractivity contribution in [3.63, 3.8) is 0 Å². The minimum absolute atomic E-state index is 0.0950. The number of hydrogen-bond acceptors (Lipinski definition) is 6.